The van der Waals surface area contributed by atoms with Crippen molar-refractivity contribution in [2.75, 3.05) is 13.1 Å². The molecule has 0 saturated heterocycles. The maximum atomic E-state index is 11.5. The predicted molar refractivity (Wildman–Crippen MR) is 344 cm³/mol. The molecule has 0 radical (unpaired) electrons. The molecule has 0 aromatic carbocycles. The van der Waals surface area contributed by atoms with Crippen molar-refractivity contribution in [3.05, 3.63) is 44.6 Å². The smallest absolute Gasteiger partial charge is 0.0877 e. The first kappa shape index (κ1) is 67.9. The summed E-state index contributed by atoms with van der Waals surface area (Å²) >= 11 is 0. The number of allylic oxidation sites excluding steroid dienone is 5. The van der Waals surface area contributed by atoms with Crippen LogP contribution in [0.2, 0.25) is 0 Å². The van der Waals surface area contributed by atoms with Crippen molar-refractivity contribution < 1.29 is 20.4 Å². The average molecular weight is 1110 g/mol. The molecular weight excluding hydrogens is 979 g/mol. The zero-order valence-electron chi connectivity index (χ0n) is 54.9. The van der Waals surface area contributed by atoms with Crippen LogP contribution in [0.15, 0.2) is 44.6 Å². The second-order valence-corrected chi connectivity index (χ2v) is 30.6. The van der Waals surface area contributed by atoms with Crippen LogP contribution in [0, 0.1) is 51.2 Å². The number of aliphatic hydroxyl groups is 4. The molecule has 5 N–H and O–H groups in total. The Kier molecular flexibility index (Phi) is 28.0. The Hall–Kier alpha value is -1.24. The number of nitrogens with one attached hydrogen (secondary N) is 1. The van der Waals surface area contributed by atoms with Crippen LogP contribution in [-0.2, 0) is 0 Å². The molecule has 5 nitrogen and oxygen atoms in total. The van der Waals surface area contributed by atoms with Crippen LogP contribution in [0.1, 0.15) is 339 Å². The first-order valence-corrected chi connectivity index (χ1v) is 35.5. The summed E-state index contributed by atoms with van der Waals surface area (Å²) in [5, 5.41) is 47.7. The molecule has 6 rings (SSSR count). The lowest BCUT2D eigenvalue weighted by molar-refractivity contribution is 0.0393. The van der Waals surface area contributed by atoms with E-state index in [4.69, 9.17) is 0 Å². The van der Waals surface area contributed by atoms with E-state index in [1.165, 1.54) is 217 Å². The Balaban J connectivity index is 1.21. The van der Waals surface area contributed by atoms with Gasteiger partial charge < -0.3 is 25.7 Å². The molecule has 5 aliphatic carbocycles. The van der Waals surface area contributed by atoms with Crippen LogP contribution in [0.4, 0.5) is 0 Å². The van der Waals surface area contributed by atoms with Gasteiger partial charge in [0.25, 0.3) is 0 Å². The molecule has 6 aliphatic rings. The van der Waals surface area contributed by atoms with E-state index in [1.54, 1.807) is 33.4 Å². The van der Waals surface area contributed by atoms with Crippen molar-refractivity contribution in [3.63, 3.8) is 0 Å². The fourth-order valence-electron chi connectivity index (χ4n) is 18.4. The highest BCUT2D eigenvalue weighted by Gasteiger charge is 2.49. The first-order chi connectivity index (χ1) is 38.3. The summed E-state index contributed by atoms with van der Waals surface area (Å²) in [7, 11) is 0. The van der Waals surface area contributed by atoms with Crippen LogP contribution in [0.5, 0.6) is 0 Å². The number of hydrogen-bond donors (Lipinski definition) is 5. The van der Waals surface area contributed by atoms with Gasteiger partial charge in [0.2, 0.25) is 0 Å². The van der Waals surface area contributed by atoms with Crippen molar-refractivity contribution in [1.82, 2.24) is 5.32 Å². The third-order valence-electron chi connectivity index (χ3n) is 24.8. The third-order valence-corrected chi connectivity index (χ3v) is 24.8. The van der Waals surface area contributed by atoms with Crippen molar-refractivity contribution >= 4 is 0 Å². The van der Waals surface area contributed by atoms with E-state index in [1.807, 2.05) is 0 Å². The molecule has 0 aromatic heterocycles. The average Bonchev–Trinajstić information content (AvgIpc) is 3.56. The molecule has 80 heavy (non-hydrogen) atoms. The predicted octanol–water partition coefficient (Wildman–Crippen LogP) is 20.5. The zero-order valence-corrected chi connectivity index (χ0v) is 54.9. The Morgan fingerprint density at radius 1 is 0.537 bits per heavy atom. The molecule has 0 amide bonds. The summed E-state index contributed by atoms with van der Waals surface area (Å²) in [6.45, 7) is 29.3. The molecule has 0 fully saturated rings. The van der Waals surface area contributed by atoms with Gasteiger partial charge in [-0.3, -0.25) is 0 Å². The van der Waals surface area contributed by atoms with E-state index >= 15 is 0 Å². The van der Waals surface area contributed by atoms with Gasteiger partial charge in [0, 0.05) is 13.1 Å². The van der Waals surface area contributed by atoms with Gasteiger partial charge in [0.05, 0.1) is 24.4 Å². The van der Waals surface area contributed by atoms with Crippen LogP contribution < -0.4 is 5.32 Å². The maximum Gasteiger partial charge on any atom is 0.0877 e. The molecule has 0 spiro atoms. The number of β-amino-alcohol motifs (C(OH)–C–C–N with tert-alkyl or cyclic N) is 1. The topological polar surface area (TPSA) is 93.0 Å². The lowest BCUT2D eigenvalue weighted by Crippen LogP contribution is -2.43. The highest BCUT2D eigenvalue weighted by molar-refractivity contribution is 5.28. The largest absolute Gasteiger partial charge is 0.393 e. The van der Waals surface area contributed by atoms with Crippen molar-refractivity contribution in [1.29, 1.82) is 0 Å². The van der Waals surface area contributed by atoms with E-state index in [2.05, 4.69) is 81.5 Å². The van der Waals surface area contributed by atoms with Crippen LogP contribution in [-0.4, -0.2) is 57.9 Å². The molecule has 5 heteroatoms. The summed E-state index contributed by atoms with van der Waals surface area (Å²) in [4.78, 5) is 0. The minimum atomic E-state index is -0.323. The molecule has 11 atom stereocenters. The molecule has 462 valence electrons. The Morgan fingerprint density at radius 2 is 1.11 bits per heavy atom. The Morgan fingerprint density at radius 3 is 1.80 bits per heavy atom. The normalized spacial score (nSPS) is 31.2. The van der Waals surface area contributed by atoms with E-state index in [0.717, 1.165) is 76.2 Å². The van der Waals surface area contributed by atoms with E-state index < -0.39 is 0 Å². The Labute approximate surface area is 496 Å². The number of unbranched alkanes of at least 4 members (excludes halogenated alkanes) is 8. The summed E-state index contributed by atoms with van der Waals surface area (Å²) in [5.41, 5.74) is 13.2. The molecule has 1 heterocycles. The van der Waals surface area contributed by atoms with Gasteiger partial charge in [0.1, 0.15) is 0 Å². The molecular formula is C75H133NO4. The summed E-state index contributed by atoms with van der Waals surface area (Å²) in [6, 6.07) is 0. The number of rotatable bonds is 29. The van der Waals surface area contributed by atoms with E-state index in [0.29, 0.717) is 24.3 Å². The number of aliphatic hydroxyl groups excluding tert-OH is 4. The standard InChI is InChI=1S/C75H133NO4/c1-12-15-16-18-22-34-60(35-23-20-17-19-21-30-57-31-26-38-67-61(42-41-57)36-28-40-70(67)79)69-50-64-53-76-54-71(80)68(64)39-27-37-63(69)52-73(8,9)75(11)48-29-32-58(49-62(56(75)5)44-46-66(78)14-3)51-72(6,7)74(10)47-25-24-33-59(55(74)4)43-45-65(77)13-2/h57-58,60,63,65-66,69-71,76-80H,12-54H2,1-11H3/b62-56-. The third kappa shape index (κ3) is 18.6. The molecule has 1 aliphatic heterocycles. The quantitative estimate of drug-likeness (QED) is 0.0380. The SMILES string of the molecule is CCCCCCCC(CCCCCCCC1CCCC2=C(CCCC2O)CC1)C1CC2=C(CCCC1CC(C)(C)C1(C)CCCC(CC(C)(C)C3(C)CCCCC(CCC(O)CC)=C3C)C/C(CCC(O)CC)=C\1C)C(O)CNC2. The van der Waals surface area contributed by atoms with E-state index in [9.17, 15) is 20.4 Å². The lowest BCUT2D eigenvalue weighted by Gasteiger charge is -2.52. The van der Waals surface area contributed by atoms with Crippen molar-refractivity contribution in [2.45, 2.75) is 364 Å². The van der Waals surface area contributed by atoms with Gasteiger partial charge in [-0.05, 0) is 230 Å². The molecule has 11 unspecified atom stereocenters. The van der Waals surface area contributed by atoms with Gasteiger partial charge in [-0.1, -0.05) is 205 Å². The minimum Gasteiger partial charge on any atom is -0.393 e. The highest BCUT2D eigenvalue weighted by Crippen LogP contribution is 2.59. The minimum absolute atomic E-state index is 0.0781. The fraction of sp³-hybridized carbons (Fsp3) is 0.893. The monoisotopic (exact) mass is 1110 g/mol. The fourth-order valence-corrected chi connectivity index (χ4v) is 18.4. The van der Waals surface area contributed by atoms with Crippen LogP contribution >= 0.6 is 0 Å². The molecule has 0 saturated carbocycles. The molecule has 0 bridgehead atoms. The summed E-state index contributed by atoms with van der Waals surface area (Å²) in [6.07, 6.45) is 49.5. The Bertz CT molecular complexity index is 1970. The van der Waals surface area contributed by atoms with Crippen molar-refractivity contribution in [3.8, 4) is 0 Å². The number of hydrogen-bond acceptors (Lipinski definition) is 5. The first-order valence-electron chi connectivity index (χ1n) is 35.5. The van der Waals surface area contributed by atoms with Gasteiger partial charge in [-0.15, -0.1) is 0 Å². The second kappa shape index (κ2) is 33.0. The van der Waals surface area contributed by atoms with Gasteiger partial charge >= 0.3 is 0 Å². The van der Waals surface area contributed by atoms with Crippen molar-refractivity contribution in [2.24, 2.45) is 51.2 Å². The maximum absolute atomic E-state index is 11.5. The highest BCUT2D eigenvalue weighted by atomic mass is 16.3. The summed E-state index contributed by atoms with van der Waals surface area (Å²) in [5.74, 6) is 3.58. The molecule has 0 aromatic rings. The van der Waals surface area contributed by atoms with Gasteiger partial charge in [-0.2, -0.15) is 0 Å². The summed E-state index contributed by atoms with van der Waals surface area (Å²) < 4.78 is 0. The van der Waals surface area contributed by atoms with E-state index in [-0.39, 0.29) is 46.1 Å². The van der Waals surface area contributed by atoms with Gasteiger partial charge in [0.15, 0.2) is 0 Å². The lowest BCUT2D eigenvalue weighted by atomic mass is 9.53. The van der Waals surface area contributed by atoms with Crippen LogP contribution in [0.3, 0.4) is 0 Å². The van der Waals surface area contributed by atoms with Gasteiger partial charge in [-0.25, -0.2) is 0 Å². The van der Waals surface area contributed by atoms with Crippen LogP contribution in [0.25, 0.3) is 0 Å². The second-order valence-electron chi connectivity index (χ2n) is 30.6. The zero-order chi connectivity index (χ0) is 57.9.